The molecule has 0 bridgehead atoms. The Bertz CT molecular complexity index is 1260. The highest BCUT2D eigenvalue weighted by molar-refractivity contribution is 6.22. The lowest BCUT2D eigenvalue weighted by Crippen LogP contribution is -2.52. The third-order valence-corrected chi connectivity index (χ3v) is 6.89. The zero-order chi connectivity index (χ0) is 24.5. The Morgan fingerprint density at radius 2 is 1.53 bits per heavy atom. The van der Waals surface area contributed by atoms with Gasteiger partial charge >= 0.3 is 0 Å². The van der Waals surface area contributed by atoms with Gasteiger partial charge < -0.3 is 14.2 Å². The fraction of sp³-hybridized carbons (Fsp3) is 0.286. The predicted molar refractivity (Wildman–Crippen MR) is 133 cm³/mol. The van der Waals surface area contributed by atoms with Crippen LogP contribution in [0.3, 0.4) is 0 Å². The van der Waals surface area contributed by atoms with Crippen LogP contribution in [0.1, 0.15) is 12.0 Å². The lowest BCUT2D eigenvalue weighted by atomic mass is 10.1. The zero-order valence-electron chi connectivity index (χ0n) is 19.8. The molecule has 0 spiro atoms. The average molecular weight is 486 g/mol. The molecule has 0 radical (unpaired) electrons. The molecule has 3 aliphatic heterocycles. The van der Waals surface area contributed by atoms with Gasteiger partial charge in [0.05, 0.1) is 18.2 Å². The number of carbonyl (C=O) groups is 2. The summed E-state index contributed by atoms with van der Waals surface area (Å²) in [6.45, 7) is 4.23. The fourth-order valence-corrected chi connectivity index (χ4v) is 4.99. The van der Waals surface area contributed by atoms with E-state index in [1.807, 2.05) is 42.5 Å². The van der Waals surface area contributed by atoms with Crippen molar-refractivity contribution in [2.24, 2.45) is 0 Å². The molecular formula is C28H27N3O5. The number of hydrogen-bond acceptors (Lipinski definition) is 7. The molecule has 184 valence electrons. The molecule has 6 rings (SSSR count). The van der Waals surface area contributed by atoms with Gasteiger partial charge in [-0.1, -0.05) is 24.3 Å². The van der Waals surface area contributed by atoms with Crippen molar-refractivity contribution in [3.05, 3.63) is 78.4 Å². The number of ether oxygens (including phenoxy) is 3. The third kappa shape index (κ3) is 4.53. The van der Waals surface area contributed by atoms with E-state index < -0.39 is 6.04 Å². The molecule has 2 saturated heterocycles. The topological polar surface area (TPSA) is 71.6 Å². The summed E-state index contributed by atoms with van der Waals surface area (Å²) in [6.07, 6.45) is 0.212. The van der Waals surface area contributed by atoms with E-state index in [1.54, 1.807) is 24.3 Å². The summed E-state index contributed by atoms with van der Waals surface area (Å²) in [5.41, 5.74) is 1.75. The summed E-state index contributed by atoms with van der Waals surface area (Å²) in [6, 6.07) is 22.2. The first-order valence-corrected chi connectivity index (χ1v) is 12.2. The van der Waals surface area contributed by atoms with Crippen molar-refractivity contribution in [2.45, 2.75) is 19.0 Å². The maximum Gasteiger partial charge on any atom is 0.251 e. The number of para-hydroxylation sites is 1. The van der Waals surface area contributed by atoms with Gasteiger partial charge in [-0.05, 0) is 54.1 Å². The first kappa shape index (κ1) is 22.6. The van der Waals surface area contributed by atoms with Gasteiger partial charge in [-0.15, -0.1) is 0 Å². The molecule has 0 aliphatic carbocycles. The number of amides is 2. The summed E-state index contributed by atoms with van der Waals surface area (Å²) >= 11 is 0. The minimum absolute atomic E-state index is 0.152. The van der Waals surface area contributed by atoms with Crippen molar-refractivity contribution in [2.75, 3.05) is 37.9 Å². The number of fused-ring (bicyclic) bond motifs is 1. The molecule has 3 heterocycles. The van der Waals surface area contributed by atoms with E-state index in [-0.39, 0.29) is 25.0 Å². The number of benzene rings is 3. The van der Waals surface area contributed by atoms with Crippen LogP contribution in [0.25, 0.3) is 0 Å². The standard InChI is InChI=1S/C28H27N3O5/c32-27-17-24(28(33)31(27)21-7-9-23(10-8-21)36-22-4-2-1-3-5-22)30-14-12-29(13-15-30)18-20-6-11-25-26(16-20)35-19-34-25/h1-11,16,24H,12-15,17-19H2/t24-/m1/s1. The first-order chi connectivity index (χ1) is 17.6. The number of carbonyl (C=O) groups excluding carboxylic acids is 2. The number of nitrogens with zero attached hydrogens (tertiary/aromatic N) is 3. The van der Waals surface area contributed by atoms with Crippen LogP contribution >= 0.6 is 0 Å². The highest BCUT2D eigenvalue weighted by Gasteiger charge is 2.43. The average Bonchev–Trinajstić information content (AvgIpc) is 3.49. The van der Waals surface area contributed by atoms with E-state index in [2.05, 4.69) is 15.9 Å². The van der Waals surface area contributed by atoms with Crippen LogP contribution in [0.2, 0.25) is 0 Å². The smallest absolute Gasteiger partial charge is 0.251 e. The maximum atomic E-state index is 13.3. The number of anilines is 1. The molecule has 0 N–H and O–H groups in total. The monoisotopic (exact) mass is 485 g/mol. The molecule has 3 aliphatic rings. The second-order valence-electron chi connectivity index (χ2n) is 9.20. The van der Waals surface area contributed by atoms with Crippen molar-refractivity contribution >= 4 is 17.5 Å². The number of hydrogen-bond donors (Lipinski definition) is 0. The summed E-state index contributed by atoms with van der Waals surface area (Å²) < 4.78 is 16.7. The summed E-state index contributed by atoms with van der Waals surface area (Å²) in [5.74, 6) is 2.65. The van der Waals surface area contributed by atoms with Crippen LogP contribution in [0.15, 0.2) is 72.8 Å². The second kappa shape index (κ2) is 9.64. The van der Waals surface area contributed by atoms with Gasteiger partial charge in [0.15, 0.2) is 11.5 Å². The van der Waals surface area contributed by atoms with Crippen LogP contribution in [0.5, 0.6) is 23.0 Å². The van der Waals surface area contributed by atoms with Gasteiger partial charge in [0.2, 0.25) is 12.7 Å². The quantitative estimate of drug-likeness (QED) is 0.494. The third-order valence-electron chi connectivity index (χ3n) is 6.89. The van der Waals surface area contributed by atoms with Crippen LogP contribution < -0.4 is 19.1 Å². The van der Waals surface area contributed by atoms with Crippen molar-refractivity contribution in [3.8, 4) is 23.0 Å². The van der Waals surface area contributed by atoms with Gasteiger partial charge in [0.25, 0.3) is 5.91 Å². The lowest BCUT2D eigenvalue weighted by molar-refractivity contribution is -0.123. The second-order valence-corrected chi connectivity index (χ2v) is 9.20. The highest BCUT2D eigenvalue weighted by atomic mass is 16.7. The molecule has 0 aromatic heterocycles. The van der Waals surface area contributed by atoms with Gasteiger partial charge in [0, 0.05) is 32.7 Å². The van der Waals surface area contributed by atoms with E-state index >= 15 is 0 Å². The Labute approximate surface area is 209 Å². The molecule has 0 saturated carbocycles. The Balaban J connectivity index is 1.06. The molecule has 2 fully saturated rings. The maximum absolute atomic E-state index is 13.3. The minimum Gasteiger partial charge on any atom is -0.457 e. The number of piperazine rings is 1. The van der Waals surface area contributed by atoms with Crippen LogP contribution in [-0.2, 0) is 16.1 Å². The minimum atomic E-state index is -0.412. The molecule has 0 unspecified atom stereocenters. The number of rotatable bonds is 6. The summed E-state index contributed by atoms with van der Waals surface area (Å²) in [7, 11) is 0. The zero-order valence-corrected chi connectivity index (χ0v) is 19.8. The highest BCUT2D eigenvalue weighted by Crippen LogP contribution is 2.33. The van der Waals surface area contributed by atoms with Crippen molar-refractivity contribution in [1.82, 2.24) is 9.80 Å². The fourth-order valence-electron chi connectivity index (χ4n) is 4.99. The van der Waals surface area contributed by atoms with Gasteiger partial charge in [0.1, 0.15) is 11.5 Å². The van der Waals surface area contributed by atoms with E-state index in [9.17, 15) is 9.59 Å². The Kier molecular flexibility index (Phi) is 6.04. The molecular weight excluding hydrogens is 458 g/mol. The van der Waals surface area contributed by atoms with Crippen molar-refractivity contribution in [1.29, 1.82) is 0 Å². The summed E-state index contributed by atoms with van der Waals surface area (Å²) in [5, 5.41) is 0. The Morgan fingerprint density at radius 3 is 2.31 bits per heavy atom. The van der Waals surface area contributed by atoms with E-state index in [0.717, 1.165) is 50.0 Å². The lowest BCUT2D eigenvalue weighted by Gasteiger charge is -2.37. The number of imide groups is 1. The molecule has 2 amide bonds. The molecule has 8 heteroatoms. The van der Waals surface area contributed by atoms with E-state index in [4.69, 9.17) is 14.2 Å². The molecule has 3 aromatic carbocycles. The van der Waals surface area contributed by atoms with Crippen LogP contribution in [0.4, 0.5) is 5.69 Å². The largest absolute Gasteiger partial charge is 0.457 e. The van der Waals surface area contributed by atoms with E-state index in [1.165, 1.54) is 10.5 Å². The molecule has 8 nitrogen and oxygen atoms in total. The SMILES string of the molecule is O=C1C[C@@H](N2CCN(Cc3ccc4c(c3)OCO4)CC2)C(=O)N1c1ccc(Oc2ccccc2)cc1. The van der Waals surface area contributed by atoms with Gasteiger partial charge in [-0.2, -0.15) is 0 Å². The van der Waals surface area contributed by atoms with Crippen LogP contribution in [-0.4, -0.2) is 60.6 Å². The Hall–Kier alpha value is -3.88. The van der Waals surface area contributed by atoms with Crippen molar-refractivity contribution < 1.29 is 23.8 Å². The normalized spacial score (nSPS) is 20.2. The molecule has 36 heavy (non-hydrogen) atoms. The Morgan fingerprint density at radius 1 is 0.806 bits per heavy atom. The predicted octanol–water partition coefficient (Wildman–Crippen LogP) is 3.66. The van der Waals surface area contributed by atoms with Crippen molar-refractivity contribution in [3.63, 3.8) is 0 Å². The van der Waals surface area contributed by atoms with Crippen LogP contribution in [0, 0.1) is 0 Å². The van der Waals surface area contributed by atoms with E-state index in [0.29, 0.717) is 11.4 Å². The molecule has 3 aromatic rings. The molecule has 1 atom stereocenters. The van der Waals surface area contributed by atoms with Gasteiger partial charge in [-0.25, -0.2) is 4.90 Å². The first-order valence-electron chi connectivity index (χ1n) is 12.2. The van der Waals surface area contributed by atoms with Gasteiger partial charge in [-0.3, -0.25) is 19.4 Å². The summed E-state index contributed by atoms with van der Waals surface area (Å²) in [4.78, 5) is 31.9.